The van der Waals surface area contributed by atoms with Crippen molar-refractivity contribution >= 4 is 0 Å². The molecule has 1 heterocycles. The molecule has 4 heteroatoms. The largest absolute Gasteiger partial charge is 0.489 e. The molecule has 0 atom stereocenters. The molecule has 0 saturated carbocycles. The van der Waals surface area contributed by atoms with Crippen LogP contribution in [0.4, 0.5) is 0 Å². The highest BCUT2D eigenvalue weighted by atomic mass is 16.5. The third-order valence-electron chi connectivity index (χ3n) is 4.56. The van der Waals surface area contributed by atoms with E-state index in [1.807, 2.05) is 13.0 Å². The van der Waals surface area contributed by atoms with Gasteiger partial charge in [-0.3, -0.25) is 4.90 Å². The van der Waals surface area contributed by atoms with E-state index >= 15 is 0 Å². The summed E-state index contributed by atoms with van der Waals surface area (Å²) in [6.07, 6.45) is 2.46. The lowest BCUT2D eigenvalue weighted by atomic mass is 10.0. The molecule has 1 aliphatic heterocycles. The summed E-state index contributed by atoms with van der Waals surface area (Å²) < 4.78 is 11.1. The van der Waals surface area contributed by atoms with Crippen LogP contribution >= 0.6 is 0 Å². The summed E-state index contributed by atoms with van der Waals surface area (Å²) in [5.74, 6) is 0.922. The van der Waals surface area contributed by atoms with Gasteiger partial charge >= 0.3 is 0 Å². The second kappa shape index (κ2) is 9.82. The van der Waals surface area contributed by atoms with Crippen LogP contribution in [0.3, 0.4) is 0 Å². The summed E-state index contributed by atoms with van der Waals surface area (Å²) in [7, 11) is 3.98. The topological polar surface area (TPSA) is 24.9 Å². The molecule has 24 heavy (non-hydrogen) atoms. The third kappa shape index (κ3) is 6.27. The van der Waals surface area contributed by atoms with Crippen LogP contribution < -0.4 is 4.74 Å². The van der Waals surface area contributed by atoms with E-state index in [-0.39, 0.29) is 0 Å². The molecule has 0 amide bonds. The lowest BCUT2D eigenvalue weighted by Gasteiger charge is -2.37. The van der Waals surface area contributed by atoms with Crippen LogP contribution in [0.25, 0.3) is 0 Å². The maximum atomic E-state index is 5.78. The second-order valence-corrected chi connectivity index (χ2v) is 6.89. The average molecular weight is 332 g/mol. The Hall–Kier alpha value is -1.36. The standard InChI is InChI=1S/C20H32N2O2/c1-17(2)16-24-20-7-5-6-18(14-20)15-22(12-13-23-4)19-8-10-21(3)11-9-19/h5-7,14,19H,1,8-13,15-16H2,2-4H3. The van der Waals surface area contributed by atoms with Gasteiger partial charge in [-0.15, -0.1) is 0 Å². The Morgan fingerprint density at radius 1 is 1.33 bits per heavy atom. The summed E-state index contributed by atoms with van der Waals surface area (Å²) in [5.41, 5.74) is 2.33. The van der Waals surface area contributed by atoms with Crippen LogP contribution in [-0.2, 0) is 11.3 Å². The Labute approximate surface area is 147 Å². The molecule has 0 radical (unpaired) electrons. The van der Waals surface area contributed by atoms with Gasteiger partial charge in [0, 0.05) is 26.2 Å². The minimum Gasteiger partial charge on any atom is -0.489 e. The number of methoxy groups -OCH3 is 1. The van der Waals surface area contributed by atoms with Crippen molar-refractivity contribution in [3.63, 3.8) is 0 Å². The van der Waals surface area contributed by atoms with Crippen LogP contribution in [-0.4, -0.2) is 62.8 Å². The highest BCUT2D eigenvalue weighted by Crippen LogP contribution is 2.20. The van der Waals surface area contributed by atoms with E-state index in [1.54, 1.807) is 7.11 Å². The Morgan fingerprint density at radius 3 is 2.75 bits per heavy atom. The number of hydrogen-bond acceptors (Lipinski definition) is 4. The molecule has 0 bridgehead atoms. The zero-order valence-corrected chi connectivity index (χ0v) is 15.5. The van der Waals surface area contributed by atoms with Gasteiger partial charge in [0.2, 0.25) is 0 Å². The summed E-state index contributed by atoms with van der Waals surface area (Å²) in [4.78, 5) is 4.98. The molecule has 134 valence electrons. The quantitative estimate of drug-likeness (QED) is 0.649. The molecule has 1 aromatic carbocycles. The molecule has 1 aliphatic rings. The molecule has 1 fully saturated rings. The third-order valence-corrected chi connectivity index (χ3v) is 4.56. The summed E-state index contributed by atoms with van der Waals surface area (Å²) >= 11 is 0. The zero-order chi connectivity index (χ0) is 17.4. The summed E-state index contributed by atoms with van der Waals surface area (Å²) in [6, 6.07) is 9.06. The number of ether oxygens (including phenoxy) is 2. The SMILES string of the molecule is C=C(C)COc1cccc(CN(CCOC)C2CCN(C)CC2)c1. The van der Waals surface area contributed by atoms with Crippen molar-refractivity contribution in [2.75, 3.05) is 47.0 Å². The van der Waals surface area contributed by atoms with Gasteiger partial charge in [0.05, 0.1) is 6.61 Å². The zero-order valence-electron chi connectivity index (χ0n) is 15.5. The van der Waals surface area contributed by atoms with Gasteiger partial charge in [-0.05, 0) is 63.2 Å². The Morgan fingerprint density at radius 2 is 2.08 bits per heavy atom. The van der Waals surface area contributed by atoms with E-state index in [0.717, 1.165) is 31.0 Å². The fraction of sp³-hybridized carbons (Fsp3) is 0.600. The fourth-order valence-corrected chi connectivity index (χ4v) is 3.13. The fourth-order valence-electron chi connectivity index (χ4n) is 3.13. The second-order valence-electron chi connectivity index (χ2n) is 6.89. The first-order valence-electron chi connectivity index (χ1n) is 8.86. The van der Waals surface area contributed by atoms with Gasteiger partial charge in [-0.25, -0.2) is 0 Å². The monoisotopic (exact) mass is 332 g/mol. The number of rotatable bonds is 9. The number of benzene rings is 1. The van der Waals surface area contributed by atoms with Gasteiger partial charge in [0.1, 0.15) is 12.4 Å². The van der Waals surface area contributed by atoms with Crippen molar-refractivity contribution in [3.8, 4) is 5.75 Å². The Kier molecular flexibility index (Phi) is 7.76. The molecule has 0 aliphatic carbocycles. The van der Waals surface area contributed by atoms with Crippen LogP contribution in [0.5, 0.6) is 5.75 Å². The van der Waals surface area contributed by atoms with Gasteiger partial charge in [-0.1, -0.05) is 18.7 Å². The molecule has 0 spiro atoms. The van der Waals surface area contributed by atoms with Crippen LogP contribution in [0.2, 0.25) is 0 Å². The normalized spacial score (nSPS) is 16.5. The Bertz CT molecular complexity index is 510. The smallest absolute Gasteiger partial charge is 0.120 e. The van der Waals surface area contributed by atoms with E-state index in [0.29, 0.717) is 12.6 Å². The minimum atomic E-state index is 0.575. The lowest BCUT2D eigenvalue weighted by molar-refractivity contribution is 0.0802. The lowest BCUT2D eigenvalue weighted by Crippen LogP contribution is -2.44. The van der Waals surface area contributed by atoms with Crippen molar-refractivity contribution in [1.29, 1.82) is 0 Å². The first-order valence-corrected chi connectivity index (χ1v) is 8.86. The van der Waals surface area contributed by atoms with Crippen LogP contribution in [0.1, 0.15) is 25.3 Å². The Balaban J connectivity index is 1.99. The average Bonchev–Trinajstić information content (AvgIpc) is 2.58. The van der Waals surface area contributed by atoms with Gasteiger partial charge in [0.25, 0.3) is 0 Å². The van der Waals surface area contributed by atoms with Crippen LogP contribution in [0.15, 0.2) is 36.4 Å². The van der Waals surface area contributed by atoms with Crippen molar-refractivity contribution in [2.45, 2.75) is 32.4 Å². The van der Waals surface area contributed by atoms with Gasteiger partial charge in [0.15, 0.2) is 0 Å². The van der Waals surface area contributed by atoms with E-state index in [1.165, 1.54) is 31.5 Å². The predicted octanol–water partition coefficient (Wildman–Crippen LogP) is 3.18. The molecule has 1 aromatic rings. The van der Waals surface area contributed by atoms with E-state index in [9.17, 15) is 0 Å². The molecule has 4 nitrogen and oxygen atoms in total. The van der Waals surface area contributed by atoms with Gasteiger partial charge < -0.3 is 14.4 Å². The molecule has 0 unspecified atom stereocenters. The van der Waals surface area contributed by atoms with Gasteiger partial charge in [-0.2, -0.15) is 0 Å². The molecule has 0 N–H and O–H groups in total. The molecular weight excluding hydrogens is 300 g/mol. The van der Waals surface area contributed by atoms with E-state index in [2.05, 4.69) is 41.6 Å². The van der Waals surface area contributed by atoms with Crippen LogP contribution in [0, 0.1) is 0 Å². The number of piperidine rings is 1. The maximum Gasteiger partial charge on any atom is 0.120 e. The molecule has 2 rings (SSSR count). The number of hydrogen-bond donors (Lipinski definition) is 0. The number of nitrogens with zero attached hydrogens (tertiary/aromatic N) is 2. The van der Waals surface area contributed by atoms with Crippen molar-refractivity contribution < 1.29 is 9.47 Å². The number of likely N-dealkylation sites (tertiary alicyclic amines) is 1. The van der Waals surface area contributed by atoms with E-state index < -0.39 is 0 Å². The maximum absolute atomic E-state index is 5.78. The summed E-state index contributed by atoms with van der Waals surface area (Å²) in [6.45, 7) is 11.5. The predicted molar refractivity (Wildman–Crippen MR) is 99.6 cm³/mol. The molecule has 0 aromatic heterocycles. The van der Waals surface area contributed by atoms with Crippen molar-refractivity contribution in [3.05, 3.63) is 42.0 Å². The van der Waals surface area contributed by atoms with Crippen molar-refractivity contribution in [1.82, 2.24) is 9.80 Å². The highest BCUT2D eigenvalue weighted by Gasteiger charge is 2.23. The first kappa shape index (κ1) is 19.0. The van der Waals surface area contributed by atoms with E-state index in [4.69, 9.17) is 9.47 Å². The first-order chi connectivity index (χ1) is 11.6. The summed E-state index contributed by atoms with van der Waals surface area (Å²) in [5, 5.41) is 0. The highest BCUT2D eigenvalue weighted by molar-refractivity contribution is 5.29. The van der Waals surface area contributed by atoms with Crippen molar-refractivity contribution in [2.24, 2.45) is 0 Å². The minimum absolute atomic E-state index is 0.575. The molecule has 1 saturated heterocycles. The molecular formula is C20H32N2O2.